The van der Waals surface area contributed by atoms with Crippen LogP contribution in [0.3, 0.4) is 0 Å². The number of rotatable bonds is 8. The summed E-state index contributed by atoms with van der Waals surface area (Å²) in [7, 11) is 0. The number of nitrogens with zero attached hydrogens (tertiary/aromatic N) is 1. The minimum atomic E-state index is -0.551. The van der Waals surface area contributed by atoms with Crippen molar-refractivity contribution in [2.24, 2.45) is 11.8 Å². The molecule has 2 atom stereocenters. The molecule has 3 N–H and O–H groups in total. The highest BCUT2D eigenvalue weighted by molar-refractivity contribution is 5.97. The van der Waals surface area contributed by atoms with Gasteiger partial charge in [0.15, 0.2) is 0 Å². The molecule has 1 heterocycles. The van der Waals surface area contributed by atoms with Crippen LogP contribution < -0.4 is 5.32 Å². The normalized spacial score (nSPS) is 20.9. The Kier molecular flexibility index (Phi) is 7.15. The fourth-order valence-electron chi connectivity index (χ4n) is 5.55. The van der Waals surface area contributed by atoms with E-state index in [0.717, 1.165) is 31.2 Å². The number of fused-ring (bicyclic) bond motifs is 1. The minimum Gasteiger partial charge on any atom is -0.392 e. The minimum absolute atomic E-state index is 0.0399. The zero-order valence-electron chi connectivity index (χ0n) is 19.5. The third-order valence-corrected chi connectivity index (χ3v) is 7.46. The molecule has 2 aromatic carbocycles. The zero-order chi connectivity index (χ0) is 23.5. The topological polar surface area (TPSA) is 89.9 Å². The van der Waals surface area contributed by atoms with Gasteiger partial charge in [0.25, 0.3) is 0 Å². The summed E-state index contributed by atoms with van der Waals surface area (Å²) in [5, 5.41) is 22.5. The first-order valence-corrected chi connectivity index (χ1v) is 12.0. The molecule has 0 bridgehead atoms. The van der Waals surface area contributed by atoms with Gasteiger partial charge in [-0.1, -0.05) is 69.2 Å². The average Bonchev–Trinajstić information content (AvgIpc) is 3.27. The Hall–Kier alpha value is -2.70. The Morgan fingerprint density at radius 1 is 0.970 bits per heavy atom. The average molecular weight is 451 g/mol. The van der Waals surface area contributed by atoms with Crippen LogP contribution in [0.4, 0.5) is 0 Å². The summed E-state index contributed by atoms with van der Waals surface area (Å²) in [4.78, 5) is 29.0. The third-order valence-electron chi connectivity index (χ3n) is 7.46. The largest absolute Gasteiger partial charge is 0.392 e. The maximum atomic E-state index is 13.9. The second-order valence-corrected chi connectivity index (χ2v) is 9.33. The van der Waals surface area contributed by atoms with Gasteiger partial charge in [-0.3, -0.25) is 9.59 Å². The molecule has 2 amide bonds. The van der Waals surface area contributed by atoms with Crippen molar-refractivity contribution in [3.8, 4) is 0 Å². The molecule has 0 unspecified atom stereocenters. The molecule has 6 nitrogen and oxygen atoms in total. The molecular formula is C27H34N2O4. The van der Waals surface area contributed by atoms with Crippen LogP contribution in [0.15, 0.2) is 42.5 Å². The van der Waals surface area contributed by atoms with Gasteiger partial charge in [0.1, 0.15) is 12.1 Å². The van der Waals surface area contributed by atoms with Gasteiger partial charge in [-0.2, -0.15) is 0 Å². The molecule has 1 aliphatic heterocycles. The van der Waals surface area contributed by atoms with Crippen LogP contribution in [0.2, 0.25) is 0 Å². The molecular weight excluding hydrogens is 416 g/mol. The molecule has 4 rings (SSSR count). The van der Waals surface area contributed by atoms with Crippen LogP contribution in [-0.2, 0) is 42.2 Å². The van der Waals surface area contributed by atoms with E-state index in [1.807, 2.05) is 18.2 Å². The van der Waals surface area contributed by atoms with Gasteiger partial charge in [-0.25, -0.2) is 0 Å². The molecule has 1 aliphatic carbocycles. The molecule has 1 saturated heterocycles. The van der Waals surface area contributed by atoms with E-state index in [2.05, 4.69) is 31.3 Å². The molecule has 0 spiro atoms. The standard InChI is InChI=1S/C27H34N2O4/c1-3-18(4-2)25-26(32)28-24(22-12-19-7-5-6-8-20(19)13-22)27(33)29(25)14-21-10-9-17(15-30)11-23(21)16-31/h5-11,18,22,24-25,30-31H,3-4,12-16H2,1-2H3,(H,28,32)/t24-,25-/m1/s1. The van der Waals surface area contributed by atoms with Crippen molar-refractivity contribution in [3.63, 3.8) is 0 Å². The fraction of sp³-hybridized carbons (Fsp3) is 0.481. The Balaban J connectivity index is 1.66. The lowest BCUT2D eigenvalue weighted by Crippen LogP contribution is -2.66. The van der Waals surface area contributed by atoms with E-state index >= 15 is 0 Å². The van der Waals surface area contributed by atoms with Gasteiger partial charge >= 0.3 is 0 Å². The highest BCUT2D eigenvalue weighted by atomic mass is 16.3. The zero-order valence-corrected chi connectivity index (χ0v) is 19.5. The second-order valence-electron chi connectivity index (χ2n) is 9.33. The first-order valence-electron chi connectivity index (χ1n) is 12.0. The van der Waals surface area contributed by atoms with Crippen molar-refractivity contribution < 1.29 is 19.8 Å². The number of nitrogens with one attached hydrogen (secondary N) is 1. The second kappa shape index (κ2) is 10.1. The molecule has 0 saturated carbocycles. The summed E-state index contributed by atoms with van der Waals surface area (Å²) in [5.41, 5.74) is 4.69. The number of carbonyl (C=O) groups is 2. The van der Waals surface area contributed by atoms with Crippen LogP contribution in [0.25, 0.3) is 0 Å². The molecule has 2 aliphatic rings. The maximum Gasteiger partial charge on any atom is 0.246 e. The van der Waals surface area contributed by atoms with E-state index in [-0.39, 0.29) is 43.4 Å². The number of aliphatic hydroxyl groups excluding tert-OH is 2. The molecule has 176 valence electrons. The summed E-state index contributed by atoms with van der Waals surface area (Å²) in [5.74, 6) is -0.0238. The molecule has 0 radical (unpaired) electrons. The lowest BCUT2D eigenvalue weighted by molar-refractivity contribution is -0.154. The summed E-state index contributed by atoms with van der Waals surface area (Å²) in [6.07, 6.45) is 3.16. The van der Waals surface area contributed by atoms with E-state index in [1.54, 1.807) is 17.0 Å². The number of benzene rings is 2. The number of hydrogen-bond donors (Lipinski definition) is 3. The molecule has 33 heavy (non-hydrogen) atoms. The van der Waals surface area contributed by atoms with Crippen molar-refractivity contribution in [3.05, 3.63) is 70.3 Å². The van der Waals surface area contributed by atoms with Crippen molar-refractivity contribution in [2.75, 3.05) is 0 Å². The number of amides is 2. The van der Waals surface area contributed by atoms with Gasteiger partial charge in [0.2, 0.25) is 11.8 Å². The van der Waals surface area contributed by atoms with E-state index in [1.165, 1.54) is 11.1 Å². The Morgan fingerprint density at radius 3 is 2.21 bits per heavy atom. The van der Waals surface area contributed by atoms with Gasteiger partial charge in [0.05, 0.1) is 13.2 Å². The van der Waals surface area contributed by atoms with Gasteiger partial charge in [-0.15, -0.1) is 0 Å². The van der Waals surface area contributed by atoms with Crippen molar-refractivity contribution in [1.29, 1.82) is 0 Å². The van der Waals surface area contributed by atoms with Gasteiger partial charge < -0.3 is 20.4 Å². The summed E-state index contributed by atoms with van der Waals surface area (Å²) in [6, 6.07) is 12.6. The Bertz CT molecular complexity index is 992. The van der Waals surface area contributed by atoms with E-state index in [0.29, 0.717) is 11.1 Å². The van der Waals surface area contributed by atoms with Crippen molar-refractivity contribution in [1.82, 2.24) is 10.2 Å². The summed E-state index contributed by atoms with van der Waals surface area (Å²) in [6.45, 7) is 4.08. The number of piperazine rings is 1. The molecule has 2 aromatic rings. The van der Waals surface area contributed by atoms with Crippen LogP contribution in [0.1, 0.15) is 54.5 Å². The Labute approximate surface area is 195 Å². The number of carbonyl (C=O) groups excluding carboxylic acids is 2. The monoisotopic (exact) mass is 450 g/mol. The number of aliphatic hydroxyl groups is 2. The number of hydrogen-bond acceptors (Lipinski definition) is 4. The van der Waals surface area contributed by atoms with Crippen molar-refractivity contribution in [2.45, 2.75) is 71.4 Å². The van der Waals surface area contributed by atoms with E-state index in [4.69, 9.17) is 0 Å². The summed E-state index contributed by atoms with van der Waals surface area (Å²) >= 11 is 0. The lowest BCUT2D eigenvalue weighted by atomic mass is 9.85. The third kappa shape index (κ3) is 4.55. The van der Waals surface area contributed by atoms with Crippen LogP contribution in [-0.4, -0.2) is 39.0 Å². The lowest BCUT2D eigenvalue weighted by Gasteiger charge is -2.44. The van der Waals surface area contributed by atoms with Gasteiger partial charge in [-0.05, 0) is 52.5 Å². The van der Waals surface area contributed by atoms with Crippen LogP contribution in [0, 0.1) is 11.8 Å². The predicted molar refractivity (Wildman–Crippen MR) is 126 cm³/mol. The van der Waals surface area contributed by atoms with E-state index in [9.17, 15) is 19.8 Å². The Morgan fingerprint density at radius 2 is 1.64 bits per heavy atom. The van der Waals surface area contributed by atoms with E-state index < -0.39 is 12.1 Å². The fourth-order valence-corrected chi connectivity index (χ4v) is 5.55. The van der Waals surface area contributed by atoms with Gasteiger partial charge in [0, 0.05) is 6.54 Å². The van der Waals surface area contributed by atoms with Crippen LogP contribution >= 0.6 is 0 Å². The highest BCUT2D eigenvalue weighted by Crippen LogP contribution is 2.33. The quantitative estimate of drug-likeness (QED) is 0.577. The smallest absolute Gasteiger partial charge is 0.246 e. The molecule has 0 aromatic heterocycles. The first kappa shape index (κ1) is 23.5. The SMILES string of the molecule is CCC(CC)[C@@H]1C(=O)N[C@H](C2Cc3ccccc3C2)C(=O)N1Cc1ccc(CO)cc1CO. The first-order chi connectivity index (χ1) is 16.0. The summed E-state index contributed by atoms with van der Waals surface area (Å²) < 4.78 is 0. The molecule has 1 fully saturated rings. The van der Waals surface area contributed by atoms with Crippen LogP contribution in [0.5, 0.6) is 0 Å². The predicted octanol–water partition coefficient (Wildman–Crippen LogP) is 2.72. The maximum absolute atomic E-state index is 13.9. The molecule has 6 heteroatoms. The highest BCUT2D eigenvalue weighted by Gasteiger charge is 2.47. The van der Waals surface area contributed by atoms with Crippen molar-refractivity contribution >= 4 is 11.8 Å².